The van der Waals surface area contributed by atoms with Crippen LogP contribution in [-0.4, -0.2) is 8.07 Å². The van der Waals surface area contributed by atoms with Gasteiger partial charge in [-0.2, -0.15) is 0 Å². The minimum absolute atomic E-state index is 0.471. The van der Waals surface area contributed by atoms with Crippen LogP contribution in [-0.2, 0) is 5.41 Å². The molecule has 57 heavy (non-hydrogen) atoms. The molecule has 9 aromatic rings. The first kappa shape index (κ1) is 31.5. The van der Waals surface area contributed by atoms with E-state index in [4.69, 9.17) is 0 Å². The Morgan fingerprint density at radius 2 is 0.912 bits per heavy atom. The van der Waals surface area contributed by atoms with E-state index in [-0.39, 0.29) is 0 Å². The lowest BCUT2D eigenvalue weighted by Crippen LogP contribution is -2.70. The molecule has 4 aliphatic rings. The molecule has 0 atom stereocenters. The second-order valence-electron chi connectivity index (χ2n) is 16.5. The van der Waals surface area contributed by atoms with Crippen LogP contribution in [0, 0.1) is 13.8 Å². The molecule has 13 rings (SSSR count). The average molecular weight is 740 g/mol. The van der Waals surface area contributed by atoms with Crippen LogP contribution in [0.15, 0.2) is 188 Å². The number of anilines is 3. The first-order valence-electron chi connectivity index (χ1n) is 20.2. The summed E-state index contributed by atoms with van der Waals surface area (Å²) >= 11 is 0. The maximum absolute atomic E-state index is 2.67. The van der Waals surface area contributed by atoms with Gasteiger partial charge in [0.2, 0.25) is 0 Å². The molecule has 0 fully saturated rings. The molecule has 0 unspecified atom stereocenters. The van der Waals surface area contributed by atoms with Gasteiger partial charge in [0.05, 0.1) is 16.8 Å². The first-order chi connectivity index (χ1) is 28.1. The quantitative estimate of drug-likeness (QED) is 0.152. The molecule has 0 radical (unpaired) electrons. The molecule has 3 aliphatic heterocycles. The highest BCUT2D eigenvalue weighted by molar-refractivity contribution is 7.24. The Bertz CT molecular complexity index is 3140. The zero-order valence-corrected chi connectivity index (χ0v) is 32.8. The van der Waals surface area contributed by atoms with Gasteiger partial charge in [-0.1, -0.05) is 175 Å². The summed E-state index contributed by atoms with van der Waals surface area (Å²) in [5.74, 6) is 0. The molecule has 2 heteroatoms. The number of fused-ring (bicyclic) bond motifs is 21. The minimum Gasteiger partial charge on any atom is -0.310 e. The van der Waals surface area contributed by atoms with Crippen LogP contribution in [0.5, 0.6) is 0 Å². The van der Waals surface area contributed by atoms with Crippen molar-refractivity contribution in [2.45, 2.75) is 19.3 Å². The Labute approximate surface area is 334 Å². The fourth-order valence-corrected chi connectivity index (χ4v) is 17.5. The van der Waals surface area contributed by atoms with E-state index >= 15 is 0 Å². The lowest BCUT2D eigenvalue weighted by atomic mass is 9.64. The normalized spacial score (nSPS) is 15.1. The second-order valence-corrected chi connectivity index (χ2v) is 20.2. The molecule has 2 spiro atoms. The van der Waals surface area contributed by atoms with E-state index in [2.05, 4.69) is 207 Å². The Morgan fingerprint density at radius 3 is 1.61 bits per heavy atom. The Morgan fingerprint density at radius 1 is 0.386 bits per heavy atom. The summed E-state index contributed by atoms with van der Waals surface area (Å²) < 4.78 is 0. The van der Waals surface area contributed by atoms with E-state index < -0.39 is 13.5 Å². The smallest absolute Gasteiger partial charge is 0.182 e. The van der Waals surface area contributed by atoms with Crippen LogP contribution in [0.25, 0.3) is 44.2 Å². The van der Waals surface area contributed by atoms with E-state index in [0.29, 0.717) is 0 Å². The zero-order valence-electron chi connectivity index (χ0n) is 31.8. The third-order valence-electron chi connectivity index (χ3n) is 13.8. The number of para-hydroxylation sites is 2. The fourth-order valence-electron chi connectivity index (χ4n) is 11.7. The van der Waals surface area contributed by atoms with Crippen molar-refractivity contribution >= 4 is 56.7 Å². The van der Waals surface area contributed by atoms with Crippen molar-refractivity contribution in [3.05, 3.63) is 221 Å². The molecule has 0 saturated heterocycles. The first-order valence-corrected chi connectivity index (χ1v) is 22.2. The Balaban J connectivity index is 1.11. The van der Waals surface area contributed by atoms with Crippen LogP contribution < -0.4 is 25.6 Å². The fraction of sp³-hybridized carbons (Fsp3) is 0.0545. The lowest BCUT2D eigenvalue weighted by Gasteiger charge is -2.45. The molecule has 0 amide bonds. The summed E-state index contributed by atoms with van der Waals surface area (Å²) in [4.78, 5) is 2.58. The van der Waals surface area contributed by atoms with E-state index in [0.717, 1.165) is 0 Å². The number of benzene rings is 9. The molecule has 0 bridgehead atoms. The van der Waals surface area contributed by atoms with Gasteiger partial charge in [0.15, 0.2) is 8.07 Å². The van der Waals surface area contributed by atoms with Crippen LogP contribution in [0.2, 0.25) is 0 Å². The number of hydrogen-bond donors (Lipinski definition) is 0. The SMILES string of the molecule is Cc1ccc2c(c1)[Si]1(c3ccccc3-c3ccc(N4c5ccccc5C5(c6ccccc6-c6c5ccc5ccccc65)c5ccccc54)cc31)c1cc(C)ccc1-2. The second kappa shape index (κ2) is 11.0. The predicted octanol–water partition coefficient (Wildman–Crippen LogP) is 10.9. The van der Waals surface area contributed by atoms with Gasteiger partial charge in [0.1, 0.15) is 0 Å². The van der Waals surface area contributed by atoms with Crippen LogP contribution in [0.3, 0.4) is 0 Å². The molecule has 1 nitrogen and oxygen atoms in total. The number of aryl methyl sites for hydroxylation is 2. The van der Waals surface area contributed by atoms with Crippen molar-refractivity contribution in [1.82, 2.24) is 0 Å². The highest BCUT2D eigenvalue weighted by atomic mass is 28.3. The van der Waals surface area contributed by atoms with Crippen LogP contribution in [0.4, 0.5) is 17.1 Å². The molecule has 266 valence electrons. The number of nitrogens with zero attached hydrogens (tertiary/aromatic N) is 1. The van der Waals surface area contributed by atoms with Gasteiger partial charge in [-0.05, 0) is 125 Å². The number of rotatable bonds is 1. The highest BCUT2D eigenvalue weighted by Crippen LogP contribution is 2.64. The molecule has 9 aromatic carbocycles. The Hall–Kier alpha value is -6.74. The van der Waals surface area contributed by atoms with Crippen molar-refractivity contribution in [3.63, 3.8) is 0 Å². The van der Waals surface area contributed by atoms with Gasteiger partial charge >= 0.3 is 0 Å². The van der Waals surface area contributed by atoms with E-state index in [1.807, 2.05) is 0 Å². The molecular formula is C55H37NSi. The zero-order chi connectivity index (χ0) is 37.6. The maximum atomic E-state index is 2.60. The van der Waals surface area contributed by atoms with Crippen molar-refractivity contribution in [1.29, 1.82) is 0 Å². The standard InChI is InChI=1S/C55H37NSi/c1-34-23-27-40-41-28-24-35(2)32-52(41)57(51(40)31-34)50-22-12-6-15-39(50)42-29-26-37(33-53(42)57)56-48-20-10-8-18-45(48)55(46-19-9-11-21-49(46)56)44-17-7-5-16-43(44)54-38-14-4-3-13-36(38)25-30-47(54)55/h3-33H,1-2H3. The molecule has 0 N–H and O–H groups in total. The van der Waals surface area contributed by atoms with Gasteiger partial charge in [-0.15, -0.1) is 0 Å². The van der Waals surface area contributed by atoms with E-state index in [9.17, 15) is 0 Å². The largest absolute Gasteiger partial charge is 0.310 e. The summed E-state index contributed by atoms with van der Waals surface area (Å²) in [7, 11) is -2.67. The third kappa shape index (κ3) is 3.71. The van der Waals surface area contributed by atoms with Gasteiger partial charge in [-0.3, -0.25) is 0 Å². The molecule has 0 saturated carbocycles. The van der Waals surface area contributed by atoms with E-state index in [1.54, 1.807) is 0 Å². The van der Waals surface area contributed by atoms with Crippen molar-refractivity contribution < 1.29 is 0 Å². The van der Waals surface area contributed by atoms with Crippen molar-refractivity contribution in [2.24, 2.45) is 0 Å². The molecule has 3 heterocycles. The highest BCUT2D eigenvalue weighted by Gasteiger charge is 2.55. The monoisotopic (exact) mass is 739 g/mol. The number of hydrogen-bond acceptors (Lipinski definition) is 1. The average Bonchev–Trinajstić information content (AvgIpc) is 3.83. The minimum atomic E-state index is -2.67. The lowest BCUT2D eigenvalue weighted by molar-refractivity contribution is 0.753. The predicted molar refractivity (Wildman–Crippen MR) is 241 cm³/mol. The molecule has 0 aromatic heterocycles. The maximum Gasteiger partial charge on any atom is 0.182 e. The third-order valence-corrected chi connectivity index (χ3v) is 18.7. The Kier molecular flexibility index (Phi) is 6.05. The summed E-state index contributed by atoms with van der Waals surface area (Å²) in [5.41, 5.74) is 19.5. The van der Waals surface area contributed by atoms with Gasteiger partial charge in [-0.25, -0.2) is 0 Å². The van der Waals surface area contributed by atoms with Gasteiger partial charge in [0, 0.05) is 5.69 Å². The van der Waals surface area contributed by atoms with Gasteiger partial charge < -0.3 is 4.90 Å². The van der Waals surface area contributed by atoms with Crippen molar-refractivity contribution in [3.8, 4) is 33.4 Å². The van der Waals surface area contributed by atoms with Crippen molar-refractivity contribution in [2.75, 3.05) is 4.90 Å². The molecular weight excluding hydrogens is 703 g/mol. The van der Waals surface area contributed by atoms with Crippen LogP contribution >= 0.6 is 0 Å². The summed E-state index contributed by atoms with van der Waals surface area (Å²) in [6, 6.07) is 72.4. The van der Waals surface area contributed by atoms with Crippen LogP contribution in [0.1, 0.15) is 33.4 Å². The van der Waals surface area contributed by atoms with Gasteiger partial charge in [0.25, 0.3) is 0 Å². The van der Waals surface area contributed by atoms with E-state index in [1.165, 1.54) is 115 Å². The molecule has 1 aliphatic carbocycles. The summed E-state index contributed by atoms with van der Waals surface area (Å²) in [6.07, 6.45) is 0. The summed E-state index contributed by atoms with van der Waals surface area (Å²) in [6.45, 7) is 4.52. The summed E-state index contributed by atoms with van der Waals surface area (Å²) in [5, 5.41) is 8.65. The topological polar surface area (TPSA) is 3.24 Å².